The smallest absolute Gasteiger partial charge is 0.0499 e. The lowest BCUT2D eigenvalue weighted by Gasteiger charge is -2.15. The molecule has 4 aromatic rings. The van der Waals surface area contributed by atoms with Crippen LogP contribution < -0.4 is 0 Å². The van der Waals surface area contributed by atoms with Crippen LogP contribution in [0.25, 0.3) is 27.8 Å². The largest absolute Gasteiger partial charge is 0.361 e. The molecule has 4 rings (SSSR count). The summed E-state index contributed by atoms with van der Waals surface area (Å²) in [5.41, 5.74) is 3.83. The summed E-state index contributed by atoms with van der Waals surface area (Å²) in [5, 5.41) is 3.85. The molecule has 0 spiro atoms. The Balaban J connectivity index is 1.43. The van der Waals surface area contributed by atoms with Gasteiger partial charge in [-0.05, 0) is 46.5 Å². The number of hydrogen-bond donors (Lipinski definition) is 1. The zero-order chi connectivity index (χ0) is 17.1. The van der Waals surface area contributed by atoms with Gasteiger partial charge in [-0.2, -0.15) is 0 Å². The van der Waals surface area contributed by atoms with Crippen molar-refractivity contribution in [1.82, 2.24) is 9.88 Å². The van der Waals surface area contributed by atoms with Gasteiger partial charge in [0.1, 0.15) is 0 Å². The maximum absolute atomic E-state index is 3.35. The number of nitrogens with zero attached hydrogens (tertiary/aromatic N) is 1. The van der Waals surface area contributed by atoms with Crippen LogP contribution in [0, 0.1) is 0 Å². The van der Waals surface area contributed by atoms with E-state index in [4.69, 9.17) is 0 Å². The summed E-state index contributed by atoms with van der Waals surface area (Å²) >= 11 is 0. The lowest BCUT2D eigenvalue weighted by molar-refractivity contribution is 0.365. The highest BCUT2D eigenvalue weighted by Gasteiger charge is 2.04. The van der Waals surface area contributed by atoms with Gasteiger partial charge in [-0.1, -0.05) is 66.7 Å². The highest BCUT2D eigenvalue weighted by molar-refractivity contribution is 5.84. The van der Waals surface area contributed by atoms with Crippen LogP contribution in [0.3, 0.4) is 0 Å². The predicted octanol–water partition coefficient (Wildman–Crippen LogP) is 5.47. The molecule has 0 bridgehead atoms. The van der Waals surface area contributed by atoms with Gasteiger partial charge in [0.15, 0.2) is 0 Å². The molecule has 0 aliphatic carbocycles. The molecule has 1 N–H and O–H groups in total. The molecule has 0 aliphatic heterocycles. The molecular weight excluding hydrogens is 304 g/mol. The van der Waals surface area contributed by atoms with Crippen molar-refractivity contribution in [3.05, 3.63) is 90.1 Å². The Morgan fingerprint density at radius 1 is 0.880 bits per heavy atom. The molecule has 2 nitrogen and oxygen atoms in total. The normalized spacial score (nSPS) is 11.9. The highest BCUT2D eigenvalue weighted by atomic mass is 15.1. The van der Waals surface area contributed by atoms with Crippen LogP contribution in [0.4, 0.5) is 0 Å². The fourth-order valence-electron chi connectivity index (χ4n) is 3.32. The second kappa shape index (κ2) is 6.96. The second-order valence-electron chi connectivity index (χ2n) is 6.56. The molecule has 25 heavy (non-hydrogen) atoms. The molecule has 0 radical (unpaired) electrons. The van der Waals surface area contributed by atoms with Gasteiger partial charge >= 0.3 is 0 Å². The maximum Gasteiger partial charge on any atom is 0.0499 e. The maximum atomic E-state index is 3.35. The van der Waals surface area contributed by atoms with Gasteiger partial charge in [-0.15, -0.1) is 0 Å². The Hall–Kier alpha value is -2.84. The van der Waals surface area contributed by atoms with Gasteiger partial charge in [-0.25, -0.2) is 0 Å². The Morgan fingerprint density at radius 2 is 1.72 bits per heavy atom. The number of rotatable bonds is 5. The summed E-state index contributed by atoms with van der Waals surface area (Å²) in [4.78, 5) is 5.67. The lowest BCUT2D eigenvalue weighted by atomic mass is 10.1. The molecule has 2 heteroatoms. The van der Waals surface area contributed by atoms with Crippen LogP contribution in [0.1, 0.15) is 11.1 Å². The van der Waals surface area contributed by atoms with Gasteiger partial charge in [0.2, 0.25) is 0 Å². The van der Waals surface area contributed by atoms with Crippen LogP contribution >= 0.6 is 0 Å². The zero-order valence-electron chi connectivity index (χ0n) is 14.4. The number of aromatic nitrogens is 1. The summed E-state index contributed by atoms with van der Waals surface area (Å²) in [6.07, 6.45) is 6.45. The van der Waals surface area contributed by atoms with Crippen LogP contribution in [-0.2, 0) is 6.54 Å². The topological polar surface area (TPSA) is 19.0 Å². The van der Waals surface area contributed by atoms with Crippen LogP contribution in [-0.4, -0.2) is 23.5 Å². The number of hydrogen-bond acceptors (Lipinski definition) is 1. The molecule has 1 heterocycles. The lowest BCUT2D eigenvalue weighted by Crippen LogP contribution is -2.17. The van der Waals surface area contributed by atoms with Crippen LogP contribution in [0.5, 0.6) is 0 Å². The van der Waals surface area contributed by atoms with Crippen molar-refractivity contribution < 1.29 is 0 Å². The van der Waals surface area contributed by atoms with E-state index in [0.29, 0.717) is 0 Å². The molecule has 1 aromatic heterocycles. The van der Waals surface area contributed by atoms with Crippen molar-refractivity contribution in [2.45, 2.75) is 6.54 Å². The number of H-pyrrole nitrogens is 1. The Labute approximate surface area is 148 Å². The first-order chi connectivity index (χ1) is 12.3. The Bertz CT molecular complexity index is 1030. The van der Waals surface area contributed by atoms with Crippen molar-refractivity contribution in [2.75, 3.05) is 13.6 Å². The molecule has 0 aliphatic rings. The number of fused-ring (bicyclic) bond motifs is 2. The van der Waals surface area contributed by atoms with E-state index in [1.54, 1.807) is 0 Å². The number of likely N-dealkylation sites (N-methyl/N-ethyl adjacent to an activating group) is 1. The van der Waals surface area contributed by atoms with E-state index in [2.05, 4.69) is 95.8 Å². The van der Waals surface area contributed by atoms with Crippen molar-refractivity contribution >= 4 is 27.8 Å². The van der Waals surface area contributed by atoms with E-state index >= 15 is 0 Å². The van der Waals surface area contributed by atoms with Gasteiger partial charge in [0, 0.05) is 24.8 Å². The first kappa shape index (κ1) is 15.7. The third-order valence-corrected chi connectivity index (χ3v) is 4.61. The van der Waals surface area contributed by atoms with Gasteiger partial charge in [-0.3, -0.25) is 4.90 Å². The standard InChI is InChI=1S/C23H22N2/c1-25(17-22-10-4-9-20-13-14-24-23(20)22)15-5-6-18-11-12-19-7-2-3-8-21(19)16-18/h2-14,16,24H,15,17H2,1H3. The highest BCUT2D eigenvalue weighted by Crippen LogP contribution is 2.19. The second-order valence-corrected chi connectivity index (χ2v) is 6.56. The first-order valence-corrected chi connectivity index (χ1v) is 8.68. The number of benzene rings is 3. The third kappa shape index (κ3) is 3.49. The van der Waals surface area contributed by atoms with Crippen LogP contribution in [0.15, 0.2) is 79.0 Å². The Morgan fingerprint density at radius 3 is 2.64 bits per heavy atom. The fraction of sp³-hybridized carbons (Fsp3) is 0.130. The summed E-state index contributed by atoms with van der Waals surface area (Å²) in [6.45, 7) is 1.85. The molecular formula is C23H22N2. The first-order valence-electron chi connectivity index (χ1n) is 8.68. The summed E-state index contributed by atoms with van der Waals surface area (Å²) in [5.74, 6) is 0. The summed E-state index contributed by atoms with van der Waals surface area (Å²) < 4.78 is 0. The monoisotopic (exact) mass is 326 g/mol. The molecule has 0 fully saturated rings. The number of para-hydroxylation sites is 1. The zero-order valence-corrected chi connectivity index (χ0v) is 14.4. The minimum absolute atomic E-state index is 0.921. The SMILES string of the molecule is CN(CC=Cc1ccc2ccccc2c1)Cc1cccc2cc[nH]c12. The minimum atomic E-state index is 0.921. The van der Waals surface area contributed by atoms with E-state index in [1.165, 1.54) is 32.8 Å². The average molecular weight is 326 g/mol. The molecule has 0 saturated carbocycles. The van der Waals surface area contributed by atoms with Gasteiger partial charge in [0.05, 0.1) is 0 Å². The molecule has 0 amide bonds. The molecule has 0 saturated heterocycles. The number of nitrogens with one attached hydrogen (secondary N) is 1. The summed E-state index contributed by atoms with van der Waals surface area (Å²) in [6, 6.07) is 23.7. The summed E-state index contributed by atoms with van der Waals surface area (Å²) in [7, 11) is 2.16. The number of aromatic amines is 1. The van der Waals surface area contributed by atoms with Crippen molar-refractivity contribution in [3.8, 4) is 0 Å². The van der Waals surface area contributed by atoms with Crippen LogP contribution in [0.2, 0.25) is 0 Å². The fourth-order valence-corrected chi connectivity index (χ4v) is 3.32. The van der Waals surface area contributed by atoms with E-state index in [0.717, 1.165) is 13.1 Å². The van der Waals surface area contributed by atoms with E-state index < -0.39 is 0 Å². The Kier molecular flexibility index (Phi) is 4.36. The quantitative estimate of drug-likeness (QED) is 0.515. The average Bonchev–Trinajstić information content (AvgIpc) is 3.11. The van der Waals surface area contributed by atoms with Crippen molar-refractivity contribution in [1.29, 1.82) is 0 Å². The van der Waals surface area contributed by atoms with Crippen molar-refractivity contribution in [2.24, 2.45) is 0 Å². The van der Waals surface area contributed by atoms with Gasteiger partial charge in [0.25, 0.3) is 0 Å². The van der Waals surface area contributed by atoms with Gasteiger partial charge < -0.3 is 4.98 Å². The molecule has 0 unspecified atom stereocenters. The van der Waals surface area contributed by atoms with Crippen molar-refractivity contribution in [3.63, 3.8) is 0 Å². The van der Waals surface area contributed by atoms with E-state index in [1.807, 2.05) is 6.20 Å². The third-order valence-electron chi connectivity index (χ3n) is 4.61. The minimum Gasteiger partial charge on any atom is -0.361 e. The van der Waals surface area contributed by atoms with E-state index in [-0.39, 0.29) is 0 Å². The molecule has 0 atom stereocenters. The predicted molar refractivity (Wildman–Crippen MR) is 108 cm³/mol. The van der Waals surface area contributed by atoms with E-state index in [9.17, 15) is 0 Å². The molecule has 3 aromatic carbocycles. The molecule has 124 valence electrons.